The number of fused-ring (bicyclic) bond motifs is 1. The van der Waals surface area contributed by atoms with Crippen LogP contribution in [0, 0.1) is 5.92 Å². The molecule has 18 heavy (non-hydrogen) atoms. The minimum absolute atomic E-state index is 0.0740. The lowest BCUT2D eigenvalue weighted by atomic mass is 10.0. The number of amides is 1. The molecule has 3 rings (SSSR count). The molecular formula is C11H11N3O3S. The van der Waals surface area contributed by atoms with Crippen molar-refractivity contribution in [1.29, 1.82) is 0 Å². The van der Waals surface area contributed by atoms with Gasteiger partial charge in [0.1, 0.15) is 5.56 Å². The molecule has 0 radical (unpaired) electrons. The van der Waals surface area contributed by atoms with E-state index in [1.807, 2.05) is 0 Å². The number of aliphatic hydroxyl groups excluding tert-OH is 1. The van der Waals surface area contributed by atoms with Crippen LogP contribution in [0.15, 0.2) is 22.6 Å². The first-order valence-corrected chi connectivity index (χ1v) is 6.43. The molecule has 3 heterocycles. The Morgan fingerprint density at radius 3 is 3.06 bits per heavy atom. The van der Waals surface area contributed by atoms with Gasteiger partial charge >= 0.3 is 0 Å². The number of hydrogen-bond donors (Lipinski definition) is 1. The van der Waals surface area contributed by atoms with Crippen LogP contribution in [0.25, 0.3) is 4.96 Å². The van der Waals surface area contributed by atoms with E-state index in [9.17, 15) is 9.59 Å². The molecule has 0 bridgehead atoms. The van der Waals surface area contributed by atoms with E-state index in [-0.39, 0.29) is 29.6 Å². The fourth-order valence-electron chi connectivity index (χ4n) is 1.99. The van der Waals surface area contributed by atoms with Crippen LogP contribution >= 0.6 is 11.3 Å². The van der Waals surface area contributed by atoms with E-state index < -0.39 is 0 Å². The van der Waals surface area contributed by atoms with Crippen LogP contribution in [0.3, 0.4) is 0 Å². The Morgan fingerprint density at radius 1 is 1.56 bits per heavy atom. The van der Waals surface area contributed by atoms with Crippen molar-refractivity contribution in [2.75, 3.05) is 19.7 Å². The maximum atomic E-state index is 12.1. The zero-order chi connectivity index (χ0) is 12.7. The zero-order valence-corrected chi connectivity index (χ0v) is 10.3. The number of aliphatic hydroxyl groups is 1. The molecule has 7 heteroatoms. The van der Waals surface area contributed by atoms with Gasteiger partial charge in [0.2, 0.25) is 0 Å². The molecule has 0 aliphatic carbocycles. The van der Waals surface area contributed by atoms with Crippen LogP contribution in [0.5, 0.6) is 0 Å². The van der Waals surface area contributed by atoms with E-state index in [4.69, 9.17) is 5.11 Å². The van der Waals surface area contributed by atoms with E-state index in [2.05, 4.69) is 4.98 Å². The molecule has 1 saturated heterocycles. The first-order chi connectivity index (χ1) is 8.70. The van der Waals surface area contributed by atoms with Crippen LogP contribution in [-0.2, 0) is 0 Å². The molecule has 0 aromatic carbocycles. The van der Waals surface area contributed by atoms with Gasteiger partial charge in [0.25, 0.3) is 11.5 Å². The monoisotopic (exact) mass is 265 g/mol. The van der Waals surface area contributed by atoms with Crippen molar-refractivity contribution < 1.29 is 9.90 Å². The summed E-state index contributed by atoms with van der Waals surface area (Å²) in [5.41, 5.74) is -0.249. The second kappa shape index (κ2) is 4.18. The minimum Gasteiger partial charge on any atom is -0.396 e. The van der Waals surface area contributed by atoms with Crippen molar-refractivity contribution in [2.24, 2.45) is 5.92 Å². The number of hydrogen-bond acceptors (Lipinski definition) is 5. The molecule has 1 amide bonds. The quantitative estimate of drug-likeness (QED) is 0.817. The van der Waals surface area contributed by atoms with Crippen molar-refractivity contribution in [2.45, 2.75) is 0 Å². The SMILES string of the molecule is O=C(c1cnc2sccn2c1=O)N1CC(CO)C1. The Bertz CT molecular complexity index is 657. The number of likely N-dealkylation sites (tertiary alicyclic amines) is 1. The van der Waals surface area contributed by atoms with Gasteiger partial charge < -0.3 is 10.0 Å². The maximum Gasteiger partial charge on any atom is 0.271 e. The summed E-state index contributed by atoms with van der Waals surface area (Å²) < 4.78 is 1.38. The second-order valence-electron chi connectivity index (χ2n) is 4.29. The highest BCUT2D eigenvalue weighted by Gasteiger charge is 2.32. The summed E-state index contributed by atoms with van der Waals surface area (Å²) >= 11 is 1.35. The number of carbonyl (C=O) groups excluding carboxylic acids is 1. The predicted molar refractivity (Wildman–Crippen MR) is 65.8 cm³/mol. The summed E-state index contributed by atoms with van der Waals surface area (Å²) in [6.45, 7) is 1.08. The highest BCUT2D eigenvalue weighted by Crippen LogP contribution is 2.17. The maximum absolute atomic E-state index is 12.1. The Kier molecular flexibility index (Phi) is 2.64. The van der Waals surface area contributed by atoms with Crippen molar-refractivity contribution in [3.8, 4) is 0 Å². The van der Waals surface area contributed by atoms with Gasteiger partial charge in [-0.2, -0.15) is 0 Å². The number of rotatable bonds is 2. The highest BCUT2D eigenvalue weighted by atomic mass is 32.1. The number of thiazole rings is 1. The second-order valence-corrected chi connectivity index (χ2v) is 5.16. The molecule has 1 aliphatic heterocycles. The van der Waals surface area contributed by atoms with Crippen LogP contribution in [0.2, 0.25) is 0 Å². The summed E-state index contributed by atoms with van der Waals surface area (Å²) in [5.74, 6) is -0.174. The smallest absolute Gasteiger partial charge is 0.271 e. The standard InChI is InChI=1S/C11H11N3O3S/c15-6-7-4-13(5-7)9(16)8-3-12-11-14(10(8)17)1-2-18-11/h1-3,7,15H,4-6H2. The van der Waals surface area contributed by atoms with Gasteiger partial charge in [0, 0.05) is 43.4 Å². The summed E-state index contributed by atoms with van der Waals surface area (Å²) in [4.78, 5) is 30.3. The molecular weight excluding hydrogens is 254 g/mol. The normalized spacial score (nSPS) is 15.9. The first-order valence-electron chi connectivity index (χ1n) is 5.55. The molecule has 6 nitrogen and oxygen atoms in total. The van der Waals surface area contributed by atoms with Crippen molar-refractivity contribution >= 4 is 22.2 Å². The summed E-state index contributed by atoms with van der Waals surface area (Å²) in [6.07, 6.45) is 2.95. The number of aromatic nitrogens is 2. The van der Waals surface area contributed by atoms with Crippen LogP contribution < -0.4 is 5.56 Å². The van der Waals surface area contributed by atoms with E-state index in [1.165, 1.54) is 21.9 Å². The molecule has 1 fully saturated rings. The molecule has 2 aromatic rings. The minimum atomic E-state index is -0.335. The molecule has 0 atom stereocenters. The molecule has 2 aromatic heterocycles. The van der Waals surface area contributed by atoms with Crippen molar-refractivity contribution in [3.63, 3.8) is 0 Å². The Morgan fingerprint density at radius 2 is 2.33 bits per heavy atom. The van der Waals surface area contributed by atoms with Gasteiger partial charge in [-0.05, 0) is 0 Å². The van der Waals surface area contributed by atoms with Crippen LogP contribution in [0.4, 0.5) is 0 Å². The van der Waals surface area contributed by atoms with Gasteiger partial charge in [-0.3, -0.25) is 14.0 Å². The number of carbonyl (C=O) groups is 1. The predicted octanol–water partition coefficient (Wildman–Crippen LogP) is -0.180. The summed E-state index contributed by atoms with van der Waals surface area (Å²) in [5, 5.41) is 10.7. The van der Waals surface area contributed by atoms with E-state index in [1.54, 1.807) is 16.5 Å². The molecule has 0 spiro atoms. The van der Waals surface area contributed by atoms with Gasteiger partial charge in [-0.15, -0.1) is 11.3 Å². The Balaban J connectivity index is 1.93. The molecule has 1 aliphatic rings. The van der Waals surface area contributed by atoms with Gasteiger partial charge in [0.05, 0.1) is 0 Å². The Hall–Kier alpha value is -1.73. The lowest BCUT2D eigenvalue weighted by Crippen LogP contribution is -2.52. The lowest BCUT2D eigenvalue weighted by Gasteiger charge is -2.37. The highest BCUT2D eigenvalue weighted by molar-refractivity contribution is 7.15. The van der Waals surface area contributed by atoms with E-state index in [0.717, 1.165) is 0 Å². The average molecular weight is 265 g/mol. The molecule has 1 N–H and O–H groups in total. The molecule has 0 saturated carbocycles. The number of nitrogens with zero attached hydrogens (tertiary/aromatic N) is 3. The zero-order valence-electron chi connectivity index (χ0n) is 9.44. The summed E-state index contributed by atoms with van der Waals surface area (Å²) in [6, 6.07) is 0. The third-order valence-electron chi connectivity index (χ3n) is 3.08. The van der Waals surface area contributed by atoms with E-state index in [0.29, 0.717) is 18.1 Å². The van der Waals surface area contributed by atoms with Crippen LogP contribution in [-0.4, -0.2) is 45.0 Å². The van der Waals surface area contributed by atoms with E-state index >= 15 is 0 Å². The first kappa shape index (κ1) is 11.4. The van der Waals surface area contributed by atoms with Crippen molar-refractivity contribution in [3.05, 3.63) is 33.7 Å². The molecule has 0 unspecified atom stereocenters. The average Bonchev–Trinajstić information content (AvgIpc) is 2.77. The lowest BCUT2D eigenvalue weighted by molar-refractivity contribution is 0.0360. The largest absolute Gasteiger partial charge is 0.396 e. The van der Waals surface area contributed by atoms with Gasteiger partial charge in [-0.1, -0.05) is 0 Å². The third-order valence-corrected chi connectivity index (χ3v) is 3.85. The molecule has 94 valence electrons. The topological polar surface area (TPSA) is 74.9 Å². The fraction of sp³-hybridized carbons (Fsp3) is 0.364. The third kappa shape index (κ3) is 1.63. The van der Waals surface area contributed by atoms with Crippen LogP contribution in [0.1, 0.15) is 10.4 Å². The summed E-state index contributed by atoms with van der Waals surface area (Å²) in [7, 11) is 0. The van der Waals surface area contributed by atoms with Crippen molar-refractivity contribution in [1.82, 2.24) is 14.3 Å². The van der Waals surface area contributed by atoms with Gasteiger partial charge in [-0.25, -0.2) is 4.98 Å². The Labute approximate surface area is 106 Å². The van der Waals surface area contributed by atoms with Gasteiger partial charge in [0.15, 0.2) is 4.96 Å². The fourth-order valence-corrected chi connectivity index (χ4v) is 2.67.